The van der Waals surface area contributed by atoms with Crippen LogP contribution in [0.5, 0.6) is 0 Å². The van der Waals surface area contributed by atoms with Gasteiger partial charge in [-0.1, -0.05) is 0 Å². The zero-order valence-corrected chi connectivity index (χ0v) is 18.0. The van der Waals surface area contributed by atoms with E-state index in [0.717, 1.165) is 22.5 Å². The third-order valence-electron chi connectivity index (χ3n) is 3.77. The highest BCUT2D eigenvalue weighted by atomic mass is 79.9. The van der Waals surface area contributed by atoms with Gasteiger partial charge in [-0.05, 0) is 53.2 Å². The van der Waals surface area contributed by atoms with Gasteiger partial charge in [-0.25, -0.2) is 26.3 Å². The number of sulfonamides is 1. The number of hydrogen-bond donors (Lipinski definition) is 1. The zero-order valence-electron chi connectivity index (χ0n) is 15.6. The number of amides is 1. The number of nitrogens with zero attached hydrogens (tertiary/aromatic N) is 1. The van der Waals surface area contributed by atoms with Crippen molar-refractivity contribution in [3.05, 3.63) is 58.1 Å². The number of benzene rings is 2. The maximum atomic E-state index is 13.6. The third-order valence-corrected chi connectivity index (χ3v) is 6.58. The van der Waals surface area contributed by atoms with E-state index >= 15 is 0 Å². The first kappa shape index (κ1) is 22.9. The number of halogens is 3. The van der Waals surface area contributed by atoms with Crippen LogP contribution in [-0.4, -0.2) is 44.8 Å². The molecule has 156 valence electrons. The molecule has 0 spiro atoms. The Morgan fingerprint density at radius 3 is 2.38 bits per heavy atom. The SMILES string of the molecule is CC(OC(=O)c1ccc(Br)c(S(=O)(=O)N(C)C)c1)C(=O)Nc1ccc(F)cc1F. The molecule has 0 saturated carbocycles. The first-order valence-corrected chi connectivity index (χ1v) is 10.4. The van der Waals surface area contributed by atoms with Crippen LogP contribution < -0.4 is 5.32 Å². The van der Waals surface area contributed by atoms with Gasteiger partial charge in [0, 0.05) is 24.6 Å². The summed E-state index contributed by atoms with van der Waals surface area (Å²) in [6.07, 6.45) is -1.33. The topological polar surface area (TPSA) is 92.8 Å². The van der Waals surface area contributed by atoms with E-state index in [-0.39, 0.29) is 20.6 Å². The Kier molecular flexibility index (Phi) is 7.09. The minimum atomic E-state index is -3.83. The van der Waals surface area contributed by atoms with E-state index in [2.05, 4.69) is 21.2 Å². The predicted molar refractivity (Wildman–Crippen MR) is 105 cm³/mol. The van der Waals surface area contributed by atoms with Crippen LogP contribution in [0.25, 0.3) is 0 Å². The van der Waals surface area contributed by atoms with Gasteiger partial charge in [0.05, 0.1) is 16.1 Å². The lowest BCUT2D eigenvalue weighted by atomic mass is 10.2. The summed E-state index contributed by atoms with van der Waals surface area (Å²) in [6.45, 7) is 1.25. The number of rotatable bonds is 6. The Morgan fingerprint density at radius 1 is 1.14 bits per heavy atom. The van der Waals surface area contributed by atoms with Gasteiger partial charge in [-0.3, -0.25) is 4.79 Å². The fourth-order valence-corrected chi connectivity index (χ4v) is 3.98. The van der Waals surface area contributed by atoms with Crippen molar-refractivity contribution in [2.75, 3.05) is 19.4 Å². The first-order chi connectivity index (χ1) is 13.4. The number of nitrogens with one attached hydrogen (secondary N) is 1. The molecule has 1 amide bonds. The lowest BCUT2D eigenvalue weighted by Crippen LogP contribution is -2.30. The van der Waals surface area contributed by atoms with E-state index in [4.69, 9.17) is 4.74 Å². The van der Waals surface area contributed by atoms with Crippen LogP contribution in [0.2, 0.25) is 0 Å². The summed E-state index contributed by atoms with van der Waals surface area (Å²) in [7, 11) is -1.15. The molecule has 0 aliphatic rings. The van der Waals surface area contributed by atoms with Crippen LogP contribution in [0, 0.1) is 11.6 Å². The van der Waals surface area contributed by atoms with Gasteiger partial charge in [0.15, 0.2) is 6.10 Å². The van der Waals surface area contributed by atoms with Gasteiger partial charge in [-0.15, -0.1) is 0 Å². The average Bonchev–Trinajstić information content (AvgIpc) is 2.63. The smallest absolute Gasteiger partial charge is 0.338 e. The molecule has 1 atom stereocenters. The molecule has 2 aromatic rings. The summed E-state index contributed by atoms with van der Waals surface area (Å²) in [5.41, 5.74) is -0.372. The van der Waals surface area contributed by atoms with Crippen molar-refractivity contribution < 1.29 is 31.5 Å². The average molecular weight is 491 g/mol. The molecule has 11 heteroatoms. The monoisotopic (exact) mass is 490 g/mol. The predicted octanol–water partition coefficient (Wildman–Crippen LogP) is 3.16. The summed E-state index contributed by atoms with van der Waals surface area (Å²) in [5.74, 6) is -3.58. The Morgan fingerprint density at radius 2 is 1.79 bits per heavy atom. The second-order valence-corrected chi connectivity index (χ2v) is 9.07. The fourth-order valence-electron chi connectivity index (χ4n) is 2.13. The van der Waals surface area contributed by atoms with Gasteiger partial charge in [-0.2, -0.15) is 0 Å². The molecule has 0 aliphatic carbocycles. The van der Waals surface area contributed by atoms with E-state index in [1.54, 1.807) is 0 Å². The van der Waals surface area contributed by atoms with Crippen LogP contribution in [0.3, 0.4) is 0 Å². The molecule has 0 radical (unpaired) electrons. The number of ether oxygens (including phenoxy) is 1. The second kappa shape index (κ2) is 8.97. The van der Waals surface area contributed by atoms with Crippen molar-refractivity contribution in [1.82, 2.24) is 4.31 Å². The van der Waals surface area contributed by atoms with Crippen LogP contribution in [0.4, 0.5) is 14.5 Å². The van der Waals surface area contributed by atoms with E-state index in [1.165, 1.54) is 33.2 Å². The normalized spacial score (nSPS) is 12.5. The molecular weight excluding hydrogens is 474 g/mol. The highest BCUT2D eigenvalue weighted by Crippen LogP contribution is 2.26. The maximum Gasteiger partial charge on any atom is 0.338 e. The number of hydrogen-bond acceptors (Lipinski definition) is 5. The lowest BCUT2D eigenvalue weighted by Gasteiger charge is -2.16. The molecule has 0 aromatic heterocycles. The summed E-state index contributed by atoms with van der Waals surface area (Å²) in [5, 5.41) is 2.19. The third kappa shape index (κ3) is 5.37. The minimum absolute atomic E-state index is 0.0961. The first-order valence-electron chi connectivity index (χ1n) is 8.12. The molecule has 1 N–H and O–H groups in total. The van der Waals surface area contributed by atoms with Gasteiger partial charge in [0.1, 0.15) is 11.6 Å². The summed E-state index contributed by atoms with van der Waals surface area (Å²) >= 11 is 3.12. The standard InChI is InChI=1S/C18H17BrF2N2O5S/c1-10(17(24)22-15-7-5-12(20)9-14(15)21)28-18(25)11-4-6-13(19)16(8-11)29(26,27)23(2)3/h4-10H,1-3H3,(H,22,24). The summed E-state index contributed by atoms with van der Waals surface area (Å²) in [6, 6.07) is 6.40. The van der Waals surface area contributed by atoms with Crippen molar-refractivity contribution >= 4 is 43.5 Å². The van der Waals surface area contributed by atoms with Gasteiger partial charge < -0.3 is 10.1 Å². The number of esters is 1. The van der Waals surface area contributed by atoms with E-state index in [9.17, 15) is 26.8 Å². The molecule has 1 unspecified atom stereocenters. The number of carbonyl (C=O) groups is 2. The van der Waals surface area contributed by atoms with Crippen molar-refractivity contribution in [3.8, 4) is 0 Å². The number of carbonyl (C=O) groups excluding carboxylic acids is 2. The van der Waals surface area contributed by atoms with Crippen molar-refractivity contribution in [1.29, 1.82) is 0 Å². The van der Waals surface area contributed by atoms with Crippen molar-refractivity contribution in [3.63, 3.8) is 0 Å². The summed E-state index contributed by atoms with van der Waals surface area (Å²) < 4.78 is 57.5. The van der Waals surface area contributed by atoms with Crippen molar-refractivity contribution in [2.24, 2.45) is 0 Å². The second-order valence-electron chi connectivity index (χ2n) is 6.09. The zero-order chi connectivity index (χ0) is 21.9. The van der Waals surface area contributed by atoms with E-state index < -0.39 is 39.6 Å². The minimum Gasteiger partial charge on any atom is -0.449 e. The van der Waals surface area contributed by atoms with Crippen LogP contribution in [0.1, 0.15) is 17.3 Å². The molecule has 0 fully saturated rings. The molecule has 2 rings (SSSR count). The molecule has 0 aliphatic heterocycles. The Labute approximate surface area is 174 Å². The highest BCUT2D eigenvalue weighted by molar-refractivity contribution is 9.10. The molecule has 0 saturated heterocycles. The van der Waals surface area contributed by atoms with Gasteiger partial charge >= 0.3 is 5.97 Å². The molecule has 0 heterocycles. The molecule has 7 nitrogen and oxygen atoms in total. The highest BCUT2D eigenvalue weighted by Gasteiger charge is 2.25. The lowest BCUT2D eigenvalue weighted by molar-refractivity contribution is -0.123. The Hall–Kier alpha value is -2.37. The van der Waals surface area contributed by atoms with Gasteiger partial charge in [0.2, 0.25) is 10.0 Å². The van der Waals surface area contributed by atoms with Crippen LogP contribution >= 0.6 is 15.9 Å². The van der Waals surface area contributed by atoms with E-state index in [0.29, 0.717) is 6.07 Å². The molecule has 2 aromatic carbocycles. The van der Waals surface area contributed by atoms with Crippen molar-refractivity contribution in [2.45, 2.75) is 17.9 Å². The maximum absolute atomic E-state index is 13.6. The van der Waals surface area contributed by atoms with Gasteiger partial charge in [0.25, 0.3) is 5.91 Å². The van der Waals surface area contributed by atoms with Crippen LogP contribution in [0.15, 0.2) is 45.8 Å². The quantitative estimate of drug-likeness (QED) is 0.627. The Balaban J connectivity index is 2.16. The Bertz CT molecular complexity index is 1060. The molecule has 0 bridgehead atoms. The molecular formula is C18H17BrF2N2O5S. The van der Waals surface area contributed by atoms with E-state index in [1.807, 2.05) is 0 Å². The number of anilines is 1. The summed E-state index contributed by atoms with van der Waals surface area (Å²) in [4.78, 5) is 24.3. The molecule has 29 heavy (non-hydrogen) atoms. The fraction of sp³-hybridized carbons (Fsp3) is 0.222. The largest absolute Gasteiger partial charge is 0.449 e. The van der Waals surface area contributed by atoms with Crippen LogP contribution in [-0.2, 0) is 19.6 Å².